The predicted octanol–water partition coefficient (Wildman–Crippen LogP) is 2.80. The van der Waals surface area contributed by atoms with Gasteiger partial charge in [-0.2, -0.15) is 5.10 Å². The molecule has 0 unspecified atom stereocenters. The Morgan fingerprint density at radius 3 is 2.80 bits per heavy atom. The Morgan fingerprint density at radius 1 is 1.40 bits per heavy atom. The predicted molar refractivity (Wildman–Crippen MR) is 71.6 cm³/mol. The molecule has 0 spiro atoms. The fourth-order valence-corrected chi connectivity index (χ4v) is 2.19. The molecular formula is C13H11BrF2N2O2. The molecule has 4 nitrogen and oxygen atoms in total. The van der Waals surface area contributed by atoms with E-state index in [2.05, 4.69) is 21.0 Å². The maximum atomic E-state index is 13.2. The average molecular weight is 345 g/mol. The molecule has 2 rings (SSSR count). The number of carbonyl (C=O) groups is 1. The Kier molecular flexibility index (Phi) is 4.61. The molecule has 0 aliphatic rings. The lowest BCUT2D eigenvalue weighted by molar-refractivity contribution is 0.102. The largest absolute Gasteiger partial charge is 0.383 e. The maximum absolute atomic E-state index is 13.2. The minimum Gasteiger partial charge on any atom is -0.383 e. The van der Waals surface area contributed by atoms with Crippen molar-refractivity contribution in [2.24, 2.45) is 0 Å². The van der Waals surface area contributed by atoms with Crippen molar-refractivity contribution in [2.75, 3.05) is 13.7 Å². The Bertz CT molecular complexity index is 643. The molecule has 1 aromatic carbocycles. The van der Waals surface area contributed by atoms with Crippen molar-refractivity contribution in [2.45, 2.75) is 6.54 Å². The van der Waals surface area contributed by atoms with Gasteiger partial charge in [-0.25, -0.2) is 8.78 Å². The molecule has 0 bridgehead atoms. The van der Waals surface area contributed by atoms with Gasteiger partial charge >= 0.3 is 0 Å². The van der Waals surface area contributed by atoms with Gasteiger partial charge in [-0.15, -0.1) is 0 Å². The van der Waals surface area contributed by atoms with Crippen LogP contribution in [0, 0.1) is 11.6 Å². The van der Waals surface area contributed by atoms with Crippen molar-refractivity contribution < 1.29 is 18.3 Å². The Labute approximate surface area is 122 Å². The van der Waals surface area contributed by atoms with Crippen LogP contribution in [0.5, 0.6) is 0 Å². The minimum atomic E-state index is -1.06. The number of ketones is 1. The number of ether oxygens (including phenoxy) is 1. The van der Waals surface area contributed by atoms with E-state index in [1.807, 2.05) is 0 Å². The topological polar surface area (TPSA) is 44.1 Å². The number of halogens is 3. The fourth-order valence-electron chi connectivity index (χ4n) is 1.71. The van der Waals surface area contributed by atoms with Crippen molar-refractivity contribution in [1.29, 1.82) is 0 Å². The van der Waals surface area contributed by atoms with Gasteiger partial charge in [-0.1, -0.05) is 0 Å². The van der Waals surface area contributed by atoms with Crippen LogP contribution >= 0.6 is 15.9 Å². The van der Waals surface area contributed by atoms with Crippen LogP contribution in [-0.4, -0.2) is 29.3 Å². The number of carbonyl (C=O) groups excluding carboxylic acids is 1. The lowest BCUT2D eigenvalue weighted by Gasteiger charge is -2.07. The third-order valence-electron chi connectivity index (χ3n) is 2.70. The van der Waals surface area contributed by atoms with Gasteiger partial charge in [0.25, 0.3) is 0 Å². The van der Waals surface area contributed by atoms with Gasteiger partial charge in [0.2, 0.25) is 5.78 Å². The van der Waals surface area contributed by atoms with Crippen molar-refractivity contribution in [3.63, 3.8) is 0 Å². The van der Waals surface area contributed by atoms with E-state index in [1.54, 1.807) is 0 Å². The number of rotatable bonds is 5. The number of hydrogen-bond acceptors (Lipinski definition) is 3. The summed E-state index contributed by atoms with van der Waals surface area (Å²) < 4.78 is 33.0. The first-order chi connectivity index (χ1) is 9.54. The highest BCUT2D eigenvalue weighted by Crippen LogP contribution is 2.21. The smallest absolute Gasteiger partial charge is 0.212 e. The van der Waals surface area contributed by atoms with Gasteiger partial charge in [-0.05, 0) is 34.1 Å². The van der Waals surface area contributed by atoms with E-state index in [0.29, 0.717) is 17.6 Å². The van der Waals surface area contributed by atoms with Gasteiger partial charge in [-0.3, -0.25) is 9.48 Å². The van der Waals surface area contributed by atoms with Gasteiger partial charge in [0.1, 0.15) is 5.69 Å². The van der Waals surface area contributed by atoms with Gasteiger partial charge in [0, 0.05) is 12.7 Å². The molecule has 0 N–H and O–H groups in total. The lowest BCUT2D eigenvalue weighted by Crippen LogP contribution is -2.15. The molecule has 0 saturated heterocycles. The molecule has 7 heteroatoms. The van der Waals surface area contributed by atoms with Gasteiger partial charge in [0.05, 0.1) is 23.8 Å². The number of hydrogen-bond donors (Lipinski definition) is 0. The van der Waals surface area contributed by atoms with Crippen LogP contribution < -0.4 is 0 Å². The molecule has 0 aliphatic carbocycles. The molecular weight excluding hydrogens is 334 g/mol. The molecule has 2 aromatic rings. The summed E-state index contributed by atoms with van der Waals surface area (Å²) in [5.74, 6) is -2.49. The number of nitrogens with zero attached hydrogens (tertiary/aromatic N) is 2. The lowest BCUT2D eigenvalue weighted by atomic mass is 10.1. The highest BCUT2D eigenvalue weighted by molar-refractivity contribution is 9.10. The standard InChI is InChI=1S/C13H11BrF2N2O2/c1-20-5-4-18-12(9(14)7-17-18)13(19)8-2-3-10(15)11(16)6-8/h2-3,6-7H,4-5H2,1H3. The van der Waals surface area contributed by atoms with Crippen LogP contribution in [0.2, 0.25) is 0 Å². The zero-order valence-electron chi connectivity index (χ0n) is 10.6. The van der Waals surface area contributed by atoms with E-state index < -0.39 is 17.4 Å². The summed E-state index contributed by atoms with van der Waals surface area (Å²) in [5.41, 5.74) is 0.330. The molecule has 0 aliphatic heterocycles. The molecule has 106 valence electrons. The zero-order chi connectivity index (χ0) is 14.7. The van der Waals surface area contributed by atoms with Crippen LogP contribution in [-0.2, 0) is 11.3 Å². The van der Waals surface area contributed by atoms with Gasteiger partial charge in [0.15, 0.2) is 11.6 Å². The second kappa shape index (κ2) is 6.23. The summed E-state index contributed by atoms with van der Waals surface area (Å²) in [5, 5.41) is 4.04. The summed E-state index contributed by atoms with van der Waals surface area (Å²) in [4.78, 5) is 12.4. The van der Waals surface area contributed by atoms with Crippen LogP contribution in [0.15, 0.2) is 28.9 Å². The molecule has 0 atom stereocenters. The second-order valence-electron chi connectivity index (χ2n) is 4.02. The zero-order valence-corrected chi connectivity index (χ0v) is 12.2. The Hall–Kier alpha value is -1.60. The molecule has 0 amide bonds. The Morgan fingerprint density at radius 2 is 2.15 bits per heavy atom. The number of aromatic nitrogens is 2. The monoisotopic (exact) mass is 344 g/mol. The minimum absolute atomic E-state index is 0.0590. The molecule has 0 radical (unpaired) electrons. The van der Waals surface area contributed by atoms with Crippen LogP contribution in [0.4, 0.5) is 8.78 Å². The molecule has 0 saturated carbocycles. The number of methoxy groups -OCH3 is 1. The van der Waals surface area contributed by atoms with Crippen molar-refractivity contribution >= 4 is 21.7 Å². The van der Waals surface area contributed by atoms with E-state index in [-0.39, 0.29) is 11.3 Å². The van der Waals surface area contributed by atoms with Crippen molar-refractivity contribution in [1.82, 2.24) is 9.78 Å². The molecule has 0 fully saturated rings. The summed E-state index contributed by atoms with van der Waals surface area (Å²) in [7, 11) is 1.54. The van der Waals surface area contributed by atoms with Crippen LogP contribution in [0.3, 0.4) is 0 Å². The third kappa shape index (κ3) is 2.94. The van der Waals surface area contributed by atoms with E-state index in [9.17, 15) is 13.6 Å². The van der Waals surface area contributed by atoms with E-state index in [1.165, 1.54) is 24.1 Å². The van der Waals surface area contributed by atoms with Crippen LogP contribution in [0.25, 0.3) is 0 Å². The molecule has 1 aromatic heterocycles. The fraction of sp³-hybridized carbons (Fsp3) is 0.231. The van der Waals surface area contributed by atoms with Gasteiger partial charge < -0.3 is 4.74 Å². The normalized spacial score (nSPS) is 10.8. The highest BCUT2D eigenvalue weighted by atomic mass is 79.9. The first-order valence-corrected chi connectivity index (χ1v) is 6.54. The third-order valence-corrected chi connectivity index (χ3v) is 3.28. The van der Waals surface area contributed by atoms with Crippen LogP contribution in [0.1, 0.15) is 16.1 Å². The summed E-state index contributed by atoms with van der Waals surface area (Å²) in [6, 6.07) is 3.03. The molecule has 1 heterocycles. The maximum Gasteiger partial charge on any atom is 0.212 e. The summed E-state index contributed by atoms with van der Waals surface area (Å²) in [6.45, 7) is 0.763. The number of benzene rings is 1. The van der Waals surface area contributed by atoms with E-state index >= 15 is 0 Å². The SMILES string of the molecule is COCCn1ncc(Br)c1C(=O)c1ccc(F)c(F)c1. The first-order valence-electron chi connectivity index (χ1n) is 5.74. The van der Waals surface area contributed by atoms with E-state index in [0.717, 1.165) is 12.1 Å². The quantitative estimate of drug-likeness (QED) is 0.783. The first kappa shape index (κ1) is 14.8. The van der Waals surface area contributed by atoms with E-state index in [4.69, 9.17) is 4.74 Å². The summed E-state index contributed by atoms with van der Waals surface area (Å²) in [6.07, 6.45) is 1.47. The average Bonchev–Trinajstić information content (AvgIpc) is 2.80. The van der Waals surface area contributed by atoms with Crippen molar-refractivity contribution in [3.05, 3.63) is 51.8 Å². The van der Waals surface area contributed by atoms with Crippen molar-refractivity contribution in [3.8, 4) is 0 Å². The summed E-state index contributed by atoms with van der Waals surface area (Å²) >= 11 is 3.23. The second-order valence-corrected chi connectivity index (χ2v) is 4.87. The molecule has 20 heavy (non-hydrogen) atoms. The Balaban J connectivity index is 2.37. The highest BCUT2D eigenvalue weighted by Gasteiger charge is 2.20.